The Morgan fingerprint density at radius 3 is 2.15 bits per heavy atom. The molecule has 0 aliphatic carbocycles. The van der Waals surface area contributed by atoms with E-state index < -0.39 is 5.82 Å². The number of carbonyl (C=O) groups is 3. The molecular formula is C25H25FN4O3. The molecule has 1 fully saturated rings. The predicted molar refractivity (Wildman–Crippen MR) is 122 cm³/mol. The van der Waals surface area contributed by atoms with Crippen LogP contribution in [0.2, 0.25) is 0 Å². The number of halogens is 1. The highest BCUT2D eigenvalue weighted by Crippen LogP contribution is 2.15. The Balaban J connectivity index is 1.35. The molecule has 2 heterocycles. The summed E-state index contributed by atoms with van der Waals surface area (Å²) in [5, 5.41) is 2.88. The summed E-state index contributed by atoms with van der Waals surface area (Å²) < 4.78 is 14.7. The zero-order valence-corrected chi connectivity index (χ0v) is 18.3. The molecular weight excluding hydrogens is 423 g/mol. The Kier molecular flexibility index (Phi) is 6.53. The van der Waals surface area contributed by atoms with Crippen molar-refractivity contribution in [1.29, 1.82) is 0 Å². The summed E-state index contributed by atoms with van der Waals surface area (Å²) in [5.74, 6) is -0.974. The van der Waals surface area contributed by atoms with Crippen molar-refractivity contribution >= 4 is 23.4 Å². The summed E-state index contributed by atoms with van der Waals surface area (Å²) in [6.45, 7) is 3.47. The molecule has 1 N–H and O–H groups in total. The number of nitrogens with zero attached hydrogens (tertiary/aromatic N) is 3. The molecule has 1 aliphatic heterocycles. The van der Waals surface area contributed by atoms with Crippen LogP contribution in [0.1, 0.15) is 26.4 Å². The number of carbonyl (C=O) groups excluding carboxylic acids is 3. The van der Waals surface area contributed by atoms with Crippen LogP contribution in [0.5, 0.6) is 0 Å². The van der Waals surface area contributed by atoms with Crippen LogP contribution in [0.25, 0.3) is 0 Å². The first-order chi connectivity index (χ1) is 15.9. The lowest BCUT2D eigenvalue weighted by Gasteiger charge is -2.35. The number of hydrogen-bond acceptors (Lipinski definition) is 3. The maximum absolute atomic E-state index is 13.1. The summed E-state index contributed by atoms with van der Waals surface area (Å²) >= 11 is 0. The summed E-state index contributed by atoms with van der Waals surface area (Å²) in [7, 11) is 0. The van der Waals surface area contributed by atoms with Gasteiger partial charge in [0.2, 0.25) is 5.91 Å². The van der Waals surface area contributed by atoms with E-state index in [9.17, 15) is 18.8 Å². The van der Waals surface area contributed by atoms with Gasteiger partial charge in [0.1, 0.15) is 18.1 Å². The van der Waals surface area contributed by atoms with E-state index in [1.165, 1.54) is 24.3 Å². The second-order valence-electron chi connectivity index (χ2n) is 7.98. The highest BCUT2D eigenvalue weighted by atomic mass is 19.1. The molecule has 3 amide bonds. The minimum atomic E-state index is -0.391. The van der Waals surface area contributed by atoms with Gasteiger partial charge in [-0.15, -0.1) is 0 Å². The molecule has 7 nitrogen and oxygen atoms in total. The standard InChI is InChI=1S/C25H25FN4O3/c1-18-5-2-3-6-21(18)27-23(31)17-30-12-4-7-22(30)25(33)29-15-13-28(14-16-29)24(32)19-8-10-20(26)11-9-19/h2-12H,13-17H2,1H3,(H,27,31). The fourth-order valence-corrected chi connectivity index (χ4v) is 3.85. The van der Waals surface area contributed by atoms with Gasteiger partial charge in [0.25, 0.3) is 11.8 Å². The van der Waals surface area contributed by atoms with Gasteiger partial charge in [0, 0.05) is 43.6 Å². The monoisotopic (exact) mass is 448 g/mol. The molecule has 1 aliphatic rings. The highest BCUT2D eigenvalue weighted by molar-refractivity contribution is 5.96. The molecule has 2 aromatic carbocycles. The van der Waals surface area contributed by atoms with Crippen LogP contribution >= 0.6 is 0 Å². The second-order valence-corrected chi connectivity index (χ2v) is 7.98. The molecule has 0 radical (unpaired) electrons. The van der Waals surface area contributed by atoms with Crippen LogP contribution in [0.3, 0.4) is 0 Å². The van der Waals surface area contributed by atoms with Gasteiger partial charge in [-0.3, -0.25) is 14.4 Å². The van der Waals surface area contributed by atoms with E-state index in [1.807, 2.05) is 31.2 Å². The van der Waals surface area contributed by atoms with Crippen LogP contribution in [0.4, 0.5) is 10.1 Å². The Hall–Kier alpha value is -3.94. The van der Waals surface area contributed by atoms with Gasteiger partial charge in [-0.25, -0.2) is 4.39 Å². The fraction of sp³-hybridized carbons (Fsp3) is 0.240. The number of hydrogen-bond donors (Lipinski definition) is 1. The highest BCUT2D eigenvalue weighted by Gasteiger charge is 2.27. The SMILES string of the molecule is Cc1ccccc1NC(=O)Cn1cccc1C(=O)N1CCN(C(=O)c2ccc(F)cc2)CC1. The molecule has 4 rings (SSSR count). The van der Waals surface area contributed by atoms with Crippen molar-refractivity contribution < 1.29 is 18.8 Å². The van der Waals surface area contributed by atoms with E-state index >= 15 is 0 Å². The van der Waals surface area contributed by atoms with Crippen molar-refractivity contribution in [3.05, 3.63) is 89.5 Å². The number of benzene rings is 2. The van der Waals surface area contributed by atoms with Crippen molar-refractivity contribution in [3.63, 3.8) is 0 Å². The molecule has 8 heteroatoms. The van der Waals surface area contributed by atoms with Gasteiger partial charge < -0.3 is 19.7 Å². The van der Waals surface area contributed by atoms with Gasteiger partial charge in [0.15, 0.2) is 0 Å². The Labute approximate surface area is 191 Å². The zero-order chi connectivity index (χ0) is 23.4. The molecule has 0 saturated carbocycles. The van der Waals surface area contributed by atoms with Crippen LogP contribution in [-0.2, 0) is 11.3 Å². The van der Waals surface area contributed by atoms with E-state index in [0.717, 1.165) is 11.3 Å². The molecule has 0 unspecified atom stereocenters. The number of piperazine rings is 1. The van der Waals surface area contributed by atoms with Gasteiger partial charge in [0.05, 0.1) is 0 Å². The summed E-state index contributed by atoms with van der Waals surface area (Å²) in [4.78, 5) is 41.6. The quantitative estimate of drug-likeness (QED) is 0.652. The zero-order valence-electron chi connectivity index (χ0n) is 18.3. The van der Waals surface area contributed by atoms with Crippen LogP contribution in [0.15, 0.2) is 66.9 Å². The molecule has 1 aromatic heterocycles. The maximum Gasteiger partial charge on any atom is 0.270 e. The Morgan fingerprint density at radius 2 is 1.48 bits per heavy atom. The smallest absolute Gasteiger partial charge is 0.270 e. The van der Waals surface area contributed by atoms with Gasteiger partial charge in [-0.1, -0.05) is 18.2 Å². The van der Waals surface area contributed by atoms with Crippen molar-refractivity contribution in [2.75, 3.05) is 31.5 Å². The molecule has 3 aromatic rings. The molecule has 33 heavy (non-hydrogen) atoms. The number of nitrogens with one attached hydrogen (secondary N) is 1. The van der Waals surface area contributed by atoms with Gasteiger partial charge in [-0.05, 0) is 55.0 Å². The third-order valence-corrected chi connectivity index (χ3v) is 5.73. The third-order valence-electron chi connectivity index (χ3n) is 5.73. The van der Waals surface area contributed by atoms with E-state index in [4.69, 9.17) is 0 Å². The normalized spacial score (nSPS) is 13.6. The van der Waals surface area contributed by atoms with Crippen molar-refractivity contribution in [2.24, 2.45) is 0 Å². The Morgan fingerprint density at radius 1 is 0.848 bits per heavy atom. The number of aromatic nitrogens is 1. The van der Waals surface area contributed by atoms with Crippen molar-refractivity contribution in [1.82, 2.24) is 14.4 Å². The van der Waals surface area contributed by atoms with Gasteiger partial charge in [-0.2, -0.15) is 0 Å². The summed E-state index contributed by atoms with van der Waals surface area (Å²) in [6, 6.07) is 16.4. The van der Waals surface area contributed by atoms with Crippen molar-refractivity contribution in [2.45, 2.75) is 13.5 Å². The Bertz CT molecular complexity index is 1160. The number of para-hydroxylation sites is 1. The fourth-order valence-electron chi connectivity index (χ4n) is 3.85. The average Bonchev–Trinajstić information content (AvgIpc) is 3.28. The van der Waals surface area contributed by atoms with E-state index in [1.54, 1.807) is 32.7 Å². The second kappa shape index (κ2) is 9.68. The number of amides is 3. The predicted octanol–water partition coefficient (Wildman–Crippen LogP) is 3.17. The lowest BCUT2D eigenvalue weighted by Crippen LogP contribution is -2.51. The molecule has 1 saturated heterocycles. The minimum absolute atomic E-state index is 0.0193. The average molecular weight is 448 g/mol. The molecule has 0 bridgehead atoms. The number of aryl methyl sites for hydroxylation is 1. The first-order valence-corrected chi connectivity index (χ1v) is 10.8. The lowest BCUT2D eigenvalue weighted by molar-refractivity contribution is -0.116. The van der Waals surface area contributed by atoms with E-state index in [2.05, 4.69) is 5.32 Å². The van der Waals surface area contributed by atoms with E-state index in [-0.39, 0.29) is 24.3 Å². The molecule has 0 atom stereocenters. The summed E-state index contributed by atoms with van der Waals surface area (Å²) in [6.07, 6.45) is 1.71. The van der Waals surface area contributed by atoms with E-state index in [0.29, 0.717) is 37.4 Å². The van der Waals surface area contributed by atoms with Crippen LogP contribution < -0.4 is 5.32 Å². The number of anilines is 1. The lowest BCUT2D eigenvalue weighted by atomic mass is 10.1. The minimum Gasteiger partial charge on any atom is -0.335 e. The first kappa shape index (κ1) is 22.3. The maximum atomic E-state index is 13.1. The first-order valence-electron chi connectivity index (χ1n) is 10.8. The topological polar surface area (TPSA) is 74.7 Å². The van der Waals surface area contributed by atoms with Crippen molar-refractivity contribution in [3.8, 4) is 0 Å². The van der Waals surface area contributed by atoms with Crippen LogP contribution in [-0.4, -0.2) is 58.3 Å². The summed E-state index contributed by atoms with van der Waals surface area (Å²) in [5.41, 5.74) is 2.55. The molecule has 170 valence electrons. The molecule has 0 spiro atoms. The number of rotatable bonds is 5. The largest absolute Gasteiger partial charge is 0.335 e. The van der Waals surface area contributed by atoms with Crippen LogP contribution in [0, 0.1) is 12.7 Å². The van der Waals surface area contributed by atoms with Gasteiger partial charge >= 0.3 is 0 Å². The third kappa shape index (κ3) is 5.11.